The topological polar surface area (TPSA) is 24.9 Å². The van der Waals surface area contributed by atoms with Crippen molar-refractivity contribution in [2.45, 2.75) is 52.5 Å². The molecule has 1 aromatic rings. The summed E-state index contributed by atoms with van der Waals surface area (Å²) in [6.45, 7) is 7.55. The van der Waals surface area contributed by atoms with E-state index in [1.165, 1.54) is 37.9 Å². The SMILES string of the molecule is CCCCC(CC)CNC(C)c1ccc(F)cn1. The van der Waals surface area contributed by atoms with E-state index in [0.29, 0.717) is 0 Å². The van der Waals surface area contributed by atoms with Gasteiger partial charge in [-0.25, -0.2) is 4.39 Å². The Morgan fingerprint density at radius 1 is 1.33 bits per heavy atom. The minimum Gasteiger partial charge on any atom is -0.309 e. The largest absolute Gasteiger partial charge is 0.309 e. The molecule has 2 atom stereocenters. The van der Waals surface area contributed by atoms with Gasteiger partial charge in [-0.1, -0.05) is 33.1 Å². The van der Waals surface area contributed by atoms with Crippen molar-refractivity contribution in [2.75, 3.05) is 6.54 Å². The third-order valence-electron chi connectivity index (χ3n) is 3.45. The molecule has 3 heteroatoms. The fourth-order valence-electron chi connectivity index (χ4n) is 2.03. The van der Waals surface area contributed by atoms with Crippen LogP contribution in [0.1, 0.15) is 58.2 Å². The first-order valence-electron chi connectivity index (χ1n) is 7.02. The highest BCUT2D eigenvalue weighted by molar-refractivity contribution is 5.08. The second-order valence-corrected chi connectivity index (χ2v) is 4.95. The van der Waals surface area contributed by atoms with Crippen molar-refractivity contribution < 1.29 is 4.39 Å². The standard InChI is InChI=1S/C15H25FN2/c1-4-6-7-13(5-2)10-17-12(3)15-9-8-14(16)11-18-15/h8-9,11-13,17H,4-7,10H2,1-3H3. The molecule has 18 heavy (non-hydrogen) atoms. The normalized spacial score (nSPS) is 14.4. The van der Waals surface area contributed by atoms with Gasteiger partial charge in [-0.2, -0.15) is 0 Å². The van der Waals surface area contributed by atoms with Gasteiger partial charge in [0.1, 0.15) is 5.82 Å². The lowest BCUT2D eigenvalue weighted by Crippen LogP contribution is -2.26. The predicted molar refractivity (Wildman–Crippen MR) is 73.9 cm³/mol. The van der Waals surface area contributed by atoms with E-state index in [0.717, 1.165) is 18.2 Å². The molecule has 0 saturated carbocycles. The Morgan fingerprint density at radius 2 is 2.11 bits per heavy atom. The molecule has 0 aliphatic heterocycles. The number of nitrogens with zero attached hydrogens (tertiary/aromatic N) is 1. The van der Waals surface area contributed by atoms with Crippen LogP contribution in [-0.4, -0.2) is 11.5 Å². The number of unbranched alkanes of at least 4 members (excludes halogenated alkanes) is 1. The van der Waals surface area contributed by atoms with Gasteiger partial charge in [0.2, 0.25) is 0 Å². The first kappa shape index (κ1) is 15.1. The summed E-state index contributed by atoms with van der Waals surface area (Å²) in [5.74, 6) is 0.452. The van der Waals surface area contributed by atoms with Crippen LogP contribution in [0.25, 0.3) is 0 Å². The van der Waals surface area contributed by atoms with Crippen LogP contribution < -0.4 is 5.32 Å². The summed E-state index contributed by atoms with van der Waals surface area (Å²) in [6.07, 6.45) is 6.32. The minimum atomic E-state index is -0.277. The number of aromatic nitrogens is 1. The molecule has 2 unspecified atom stereocenters. The van der Waals surface area contributed by atoms with Crippen molar-refractivity contribution in [3.8, 4) is 0 Å². The highest BCUT2D eigenvalue weighted by Crippen LogP contribution is 2.14. The maximum atomic E-state index is 12.8. The molecular formula is C15H25FN2. The quantitative estimate of drug-likeness (QED) is 0.754. The molecule has 1 rings (SSSR count). The summed E-state index contributed by atoms with van der Waals surface area (Å²) in [4.78, 5) is 4.11. The van der Waals surface area contributed by atoms with Crippen molar-refractivity contribution in [2.24, 2.45) is 5.92 Å². The van der Waals surface area contributed by atoms with E-state index in [9.17, 15) is 4.39 Å². The van der Waals surface area contributed by atoms with Crippen LogP contribution in [0.5, 0.6) is 0 Å². The van der Waals surface area contributed by atoms with E-state index < -0.39 is 0 Å². The number of pyridine rings is 1. The van der Waals surface area contributed by atoms with Crippen LogP contribution in [0.3, 0.4) is 0 Å². The van der Waals surface area contributed by atoms with Gasteiger partial charge in [-0.3, -0.25) is 4.98 Å². The van der Waals surface area contributed by atoms with Gasteiger partial charge >= 0.3 is 0 Å². The molecule has 0 amide bonds. The molecule has 0 bridgehead atoms. The fraction of sp³-hybridized carbons (Fsp3) is 0.667. The molecule has 0 aliphatic carbocycles. The van der Waals surface area contributed by atoms with Gasteiger partial charge < -0.3 is 5.32 Å². The van der Waals surface area contributed by atoms with E-state index in [4.69, 9.17) is 0 Å². The number of nitrogens with one attached hydrogen (secondary N) is 1. The second-order valence-electron chi connectivity index (χ2n) is 4.95. The average molecular weight is 252 g/mol. The van der Waals surface area contributed by atoms with Crippen LogP contribution in [0, 0.1) is 11.7 Å². The Kier molecular flexibility index (Phi) is 6.88. The van der Waals surface area contributed by atoms with Gasteiger partial charge in [0.25, 0.3) is 0 Å². The Balaban J connectivity index is 2.39. The zero-order valence-electron chi connectivity index (χ0n) is 11.7. The monoisotopic (exact) mass is 252 g/mol. The van der Waals surface area contributed by atoms with Crippen LogP contribution >= 0.6 is 0 Å². The van der Waals surface area contributed by atoms with E-state index in [-0.39, 0.29) is 11.9 Å². The zero-order chi connectivity index (χ0) is 13.4. The highest BCUT2D eigenvalue weighted by atomic mass is 19.1. The maximum Gasteiger partial charge on any atom is 0.141 e. The average Bonchev–Trinajstić information content (AvgIpc) is 2.39. The summed E-state index contributed by atoms with van der Waals surface area (Å²) in [6, 6.07) is 3.40. The summed E-state index contributed by atoms with van der Waals surface area (Å²) in [5, 5.41) is 3.49. The number of halogens is 1. The third kappa shape index (κ3) is 5.13. The number of hydrogen-bond acceptors (Lipinski definition) is 2. The van der Waals surface area contributed by atoms with Crippen molar-refractivity contribution in [1.82, 2.24) is 10.3 Å². The molecular weight excluding hydrogens is 227 g/mol. The van der Waals surface area contributed by atoms with Crippen molar-refractivity contribution in [1.29, 1.82) is 0 Å². The smallest absolute Gasteiger partial charge is 0.141 e. The Bertz CT molecular complexity index is 324. The first-order valence-corrected chi connectivity index (χ1v) is 7.02. The lowest BCUT2D eigenvalue weighted by Gasteiger charge is -2.19. The molecule has 1 N–H and O–H groups in total. The summed E-state index contributed by atoms with van der Waals surface area (Å²) >= 11 is 0. The van der Waals surface area contributed by atoms with E-state index in [1.54, 1.807) is 6.07 Å². The molecule has 0 radical (unpaired) electrons. The van der Waals surface area contributed by atoms with E-state index in [2.05, 4.69) is 31.1 Å². The molecule has 0 aromatic carbocycles. The number of rotatable bonds is 8. The predicted octanol–water partition coefficient (Wildman–Crippen LogP) is 4.09. The Hall–Kier alpha value is -0.960. The highest BCUT2D eigenvalue weighted by Gasteiger charge is 2.10. The van der Waals surface area contributed by atoms with Crippen molar-refractivity contribution >= 4 is 0 Å². The Labute approximate surface area is 110 Å². The van der Waals surface area contributed by atoms with Crippen molar-refractivity contribution in [3.05, 3.63) is 29.8 Å². The van der Waals surface area contributed by atoms with Crippen LogP contribution in [0.4, 0.5) is 4.39 Å². The first-order chi connectivity index (χ1) is 8.67. The summed E-state index contributed by atoms with van der Waals surface area (Å²) in [7, 11) is 0. The lowest BCUT2D eigenvalue weighted by atomic mass is 9.99. The molecule has 0 fully saturated rings. The van der Waals surface area contributed by atoms with Gasteiger partial charge in [0.15, 0.2) is 0 Å². The van der Waals surface area contributed by atoms with E-state index >= 15 is 0 Å². The molecule has 0 spiro atoms. The number of hydrogen-bond donors (Lipinski definition) is 1. The van der Waals surface area contributed by atoms with Gasteiger partial charge in [-0.05, 0) is 37.9 Å². The van der Waals surface area contributed by atoms with Crippen molar-refractivity contribution in [3.63, 3.8) is 0 Å². The van der Waals surface area contributed by atoms with Crippen LogP contribution in [0.15, 0.2) is 18.3 Å². The molecule has 1 aromatic heterocycles. The van der Waals surface area contributed by atoms with E-state index in [1.807, 2.05) is 0 Å². The van der Waals surface area contributed by atoms with Gasteiger partial charge in [0.05, 0.1) is 11.9 Å². The van der Waals surface area contributed by atoms with Gasteiger partial charge in [0, 0.05) is 6.04 Å². The molecule has 1 heterocycles. The third-order valence-corrected chi connectivity index (χ3v) is 3.45. The molecule has 102 valence electrons. The molecule has 0 saturated heterocycles. The zero-order valence-corrected chi connectivity index (χ0v) is 11.7. The minimum absolute atomic E-state index is 0.182. The molecule has 2 nitrogen and oxygen atoms in total. The summed E-state index contributed by atoms with van der Waals surface area (Å²) < 4.78 is 12.8. The van der Waals surface area contributed by atoms with Gasteiger partial charge in [-0.15, -0.1) is 0 Å². The van der Waals surface area contributed by atoms with Crippen LogP contribution in [0.2, 0.25) is 0 Å². The lowest BCUT2D eigenvalue weighted by molar-refractivity contribution is 0.396. The summed E-state index contributed by atoms with van der Waals surface area (Å²) in [5.41, 5.74) is 0.904. The Morgan fingerprint density at radius 3 is 2.67 bits per heavy atom. The second kappa shape index (κ2) is 8.20. The maximum absolute atomic E-state index is 12.8. The van der Waals surface area contributed by atoms with Crippen LogP contribution in [-0.2, 0) is 0 Å². The fourth-order valence-corrected chi connectivity index (χ4v) is 2.03. The molecule has 0 aliphatic rings.